The molecule has 0 spiro atoms. The molecule has 0 aliphatic carbocycles. The number of hydrogen-bond acceptors (Lipinski definition) is 3. The Morgan fingerprint density at radius 3 is 2.53 bits per heavy atom. The minimum Gasteiger partial charge on any atom is -0.458 e. The first-order chi connectivity index (χ1) is 7.08. The van der Waals surface area contributed by atoms with Crippen LogP contribution in [0.4, 0.5) is 5.69 Å². The van der Waals surface area contributed by atoms with E-state index < -0.39 is 0 Å². The van der Waals surface area contributed by atoms with Crippen molar-refractivity contribution in [1.29, 1.82) is 0 Å². The van der Waals surface area contributed by atoms with Crippen molar-refractivity contribution in [3.63, 3.8) is 0 Å². The van der Waals surface area contributed by atoms with E-state index in [9.17, 15) is 4.79 Å². The van der Waals surface area contributed by atoms with E-state index in [0.29, 0.717) is 11.4 Å². The van der Waals surface area contributed by atoms with Crippen molar-refractivity contribution >= 4 is 11.7 Å². The normalized spacial score (nSPS) is 10.7. The quantitative estimate of drug-likeness (QED) is 0.773. The van der Waals surface area contributed by atoms with Crippen LogP contribution in [0.25, 0.3) is 0 Å². The van der Waals surface area contributed by atoms with Gasteiger partial charge in [-0.05, 0) is 18.9 Å². The second kappa shape index (κ2) is 4.87. The number of nitrogens with two attached hydrogens (primary N) is 1. The van der Waals surface area contributed by atoms with Gasteiger partial charge in [0.25, 0.3) is 0 Å². The highest BCUT2D eigenvalue weighted by molar-refractivity contribution is 5.89. The lowest BCUT2D eigenvalue weighted by atomic mass is 10.2. The van der Waals surface area contributed by atoms with Crippen LogP contribution >= 0.6 is 0 Å². The van der Waals surface area contributed by atoms with Crippen molar-refractivity contribution in [3.8, 4) is 0 Å². The van der Waals surface area contributed by atoms with Gasteiger partial charge < -0.3 is 15.0 Å². The molecular formula is C11H18N2O2. The first kappa shape index (κ1) is 11.6. The third-order valence-electron chi connectivity index (χ3n) is 2.42. The lowest BCUT2D eigenvalue weighted by Gasteiger charge is -2.13. The van der Waals surface area contributed by atoms with Gasteiger partial charge in [-0.1, -0.05) is 13.8 Å². The zero-order valence-corrected chi connectivity index (χ0v) is 9.49. The molecule has 0 fully saturated rings. The monoisotopic (exact) mass is 210 g/mol. The van der Waals surface area contributed by atoms with Gasteiger partial charge in [0.05, 0.1) is 5.69 Å². The maximum Gasteiger partial charge on any atom is 0.355 e. The van der Waals surface area contributed by atoms with Crippen molar-refractivity contribution in [1.82, 2.24) is 4.57 Å². The van der Waals surface area contributed by atoms with Crippen molar-refractivity contribution in [2.45, 2.75) is 32.8 Å². The van der Waals surface area contributed by atoms with Crippen LogP contribution < -0.4 is 5.73 Å². The summed E-state index contributed by atoms with van der Waals surface area (Å²) in [5.41, 5.74) is 6.66. The fraction of sp³-hybridized carbons (Fsp3) is 0.545. The zero-order valence-electron chi connectivity index (χ0n) is 9.49. The van der Waals surface area contributed by atoms with E-state index in [4.69, 9.17) is 10.5 Å². The van der Waals surface area contributed by atoms with E-state index in [1.165, 1.54) is 0 Å². The summed E-state index contributed by atoms with van der Waals surface area (Å²) in [7, 11) is 1.78. The molecule has 0 radical (unpaired) electrons. The average molecular weight is 210 g/mol. The van der Waals surface area contributed by atoms with Gasteiger partial charge in [0, 0.05) is 13.2 Å². The molecule has 0 bridgehead atoms. The molecule has 2 N–H and O–H groups in total. The number of carbonyl (C=O) groups excluding carboxylic acids is 1. The van der Waals surface area contributed by atoms with Crippen LogP contribution in [0.5, 0.6) is 0 Å². The highest BCUT2D eigenvalue weighted by Crippen LogP contribution is 2.12. The van der Waals surface area contributed by atoms with E-state index in [1.807, 2.05) is 13.8 Å². The first-order valence-corrected chi connectivity index (χ1v) is 5.21. The summed E-state index contributed by atoms with van der Waals surface area (Å²) in [5, 5.41) is 0. The molecule has 0 saturated carbocycles. The molecule has 1 heterocycles. The molecule has 0 amide bonds. The Labute approximate surface area is 90.0 Å². The first-order valence-electron chi connectivity index (χ1n) is 5.21. The summed E-state index contributed by atoms with van der Waals surface area (Å²) in [6.07, 6.45) is 3.36. The third kappa shape index (κ3) is 2.75. The predicted molar refractivity (Wildman–Crippen MR) is 59.6 cm³/mol. The Balaban J connectivity index is 2.72. The van der Waals surface area contributed by atoms with Crippen LogP contribution in [0.1, 0.15) is 37.2 Å². The molecule has 1 rings (SSSR count). The van der Waals surface area contributed by atoms with Crippen molar-refractivity contribution in [3.05, 3.63) is 18.0 Å². The number of hydrogen-bond donors (Lipinski definition) is 1. The minimum absolute atomic E-state index is 0.00590. The van der Waals surface area contributed by atoms with E-state index in [2.05, 4.69) is 0 Å². The van der Waals surface area contributed by atoms with E-state index in [1.54, 1.807) is 23.9 Å². The zero-order chi connectivity index (χ0) is 11.4. The second-order valence-corrected chi connectivity index (χ2v) is 3.61. The molecule has 84 valence electrons. The smallest absolute Gasteiger partial charge is 0.355 e. The summed E-state index contributed by atoms with van der Waals surface area (Å²) in [4.78, 5) is 11.7. The van der Waals surface area contributed by atoms with Crippen LogP contribution in [0, 0.1) is 0 Å². The Kier molecular flexibility index (Phi) is 3.77. The molecule has 4 nitrogen and oxygen atoms in total. The summed E-state index contributed by atoms with van der Waals surface area (Å²) in [6.45, 7) is 4.00. The number of carbonyl (C=O) groups is 1. The molecule has 0 aromatic carbocycles. The molecule has 0 atom stereocenters. The van der Waals surface area contributed by atoms with Crippen LogP contribution in [-0.2, 0) is 11.8 Å². The van der Waals surface area contributed by atoms with Gasteiger partial charge in [-0.15, -0.1) is 0 Å². The fourth-order valence-electron chi connectivity index (χ4n) is 1.46. The van der Waals surface area contributed by atoms with Gasteiger partial charge in [0.2, 0.25) is 0 Å². The largest absolute Gasteiger partial charge is 0.458 e. The number of aryl methyl sites for hydroxylation is 1. The maximum atomic E-state index is 11.7. The highest BCUT2D eigenvalue weighted by Gasteiger charge is 2.16. The Hall–Kier alpha value is -1.45. The average Bonchev–Trinajstić information content (AvgIpc) is 2.54. The second-order valence-electron chi connectivity index (χ2n) is 3.61. The van der Waals surface area contributed by atoms with Gasteiger partial charge in [-0.3, -0.25) is 0 Å². The molecule has 1 aromatic heterocycles. The maximum absolute atomic E-state index is 11.7. The van der Waals surface area contributed by atoms with E-state index in [0.717, 1.165) is 12.8 Å². The summed E-state index contributed by atoms with van der Waals surface area (Å²) in [6, 6.07) is 1.63. The van der Waals surface area contributed by atoms with Crippen LogP contribution in [-0.4, -0.2) is 16.6 Å². The lowest BCUT2D eigenvalue weighted by Crippen LogP contribution is -2.18. The molecule has 0 aliphatic heterocycles. The number of aromatic nitrogens is 1. The predicted octanol–water partition coefficient (Wildman–Crippen LogP) is 1.95. The minimum atomic E-state index is -0.303. The molecule has 0 aliphatic rings. The number of ether oxygens (including phenoxy) is 1. The third-order valence-corrected chi connectivity index (χ3v) is 2.42. The molecular weight excluding hydrogens is 192 g/mol. The lowest BCUT2D eigenvalue weighted by molar-refractivity contribution is 0.0273. The van der Waals surface area contributed by atoms with Crippen LogP contribution in [0.3, 0.4) is 0 Å². The molecule has 1 aromatic rings. The van der Waals surface area contributed by atoms with Gasteiger partial charge in [0.1, 0.15) is 11.8 Å². The van der Waals surface area contributed by atoms with Gasteiger partial charge >= 0.3 is 5.97 Å². The molecule has 4 heteroatoms. The highest BCUT2D eigenvalue weighted by atomic mass is 16.5. The van der Waals surface area contributed by atoms with Crippen molar-refractivity contribution < 1.29 is 9.53 Å². The summed E-state index contributed by atoms with van der Waals surface area (Å²) in [5.74, 6) is -0.303. The Morgan fingerprint density at radius 1 is 1.53 bits per heavy atom. The number of esters is 1. The Bertz CT molecular complexity index is 340. The number of rotatable bonds is 4. The van der Waals surface area contributed by atoms with Gasteiger partial charge in [0.15, 0.2) is 0 Å². The topological polar surface area (TPSA) is 57.2 Å². The molecule has 0 unspecified atom stereocenters. The van der Waals surface area contributed by atoms with E-state index >= 15 is 0 Å². The van der Waals surface area contributed by atoms with Crippen molar-refractivity contribution in [2.24, 2.45) is 7.05 Å². The standard InChI is InChI=1S/C11H18N2O2/c1-4-9(5-2)15-11(14)10-6-8(12)7-13(10)3/h6-7,9H,4-5,12H2,1-3H3. The molecule has 15 heavy (non-hydrogen) atoms. The van der Waals surface area contributed by atoms with Gasteiger partial charge in [-0.2, -0.15) is 0 Å². The summed E-state index contributed by atoms with van der Waals surface area (Å²) < 4.78 is 6.99. The summed E-state index contributed by atoms with van der Waals surface area (Å²) >= 11 is 0. The SMILES string of the molecule is CCC(CC)OC(=O)c1cc(N)cn1C. The van der Waals surface area contributed by atoms with Crippen molar-refractivity contribution in [2.75, 3.05) is 5.73 Å². The van der Waals surface area contributed by atoms with Gasteiger partial charge in [-0.25, -0.2) is 4.79 Å². The number of nitrogens with zero attached hydrogens (tertiary/aromatic N) is 1. The number of anilines is 1. The van der Waals surface area contributed by atoms with Crippen LogP contribution in [0.15, 0.2) is 12.3 Å². The van der Waals surface area contributed by atoms with E-state index in [-0.39, 0.29) is 12.1 Å². The number of nitrogen functional groups attached to an aromatic ring is 1. The molecule has 0 saturated heterocycles. The fourth-order valence-corrected chi connectivity index (χ4v) is 1.46. The van der Waals surface area contributed by atoms with Crippen LogP contribution in [0.2, 0.25) is 0 Å². The Morgan fingerprint density at radius 2 is 2.13 bits per heavy atom.